The molecule has 0 saturated heterocycles. The van der Waals surface area contributed by atoms with E-state index in [1.165, 1.54) is 0 Å². The first-order chi connectivity index (χ1) is 10.8. The summed E-state index contributed by atoms with van der Waals surface area (Å²) in [5.41, 5.74) is 6.29. The van der Waals surface area contributed by atoms with E-state index in [0.29, 0.717) is 12.0 Å². The Bertz CT molecular complexity index is 572. The zero-order valence-corrected chi connectivity index (χ0v) is 13.3. The SMILES string of the molecule is CC(C)CC(CNC(=O)NCc1cccc(C(N)=O)c1)C(=O)O. The molecule has 23 heavy (non-hydrogen) atoms. The molecule has 0 aliphatic rings. The number of nitrogens with one attached hydrogen (secondary N) is 2. The Labute approximate surface area is 135 Å². The molecule has 0 aliphatic heterocycles. The van der Waals surface area contributed by atoms with Crippen LogP contribution in [0.5, 0.6) is 0 Å². The smallest absolute Gasteiger partial charge is 0.315 e. The molecule has 0 aromatic heterocycles. The largest absolute Gasteiger partial charge is 0.481 e. The zero-order chi connectivity index (χ0) is 17.4. The summed E-state index contributed by atoms with van der Waals surface area (Å²) in [7, 11) is 0. The summed E-state index contributed by atoms with van der Waals surface area (Å²) < 4.78 is 0. The average molecular weight is 321 g/mol. The lowest BCUT2D eigenvalue weighted by Crippen LogP contribution is -2.40. The molecular formula is C16H23N3O4. The Morgan fingerprint density at radius 2 is 1.91 bits per heavy atom. The van der Waals surface area contributed by atoms with Crippen LogP contribution >= 0.6 is 0 Å². The van der Waals surface area contributed by atoms with Gasteiger partial charge in [-0.05, 0) is 30.0 Å². The van der Waals surface area contributed by atoms with E-state index in [4.69, 9.17) is 10.8 Å². The molecule has 7 nitrogen and oxygen atoms in total. The highest BCUT2D eigenvalue weighted by atomic mass is 16.4. The van der Waals surface area contributed by atoms with Crippen molar-refractivity contribution in [3.8, 4) is 0 Å². The standard InChI is InChI=1S/C16H23N3O4/c1-10(2)6-13(15(21)22)9-19-16(23)18-8-11-4-3-5-12(7-11)14(17)20/h3-5,7,10,13H,6,8-9H2,1-2H3,(H2,17,20)(H,21,22)(H2,18,19,23). The highest BCUT2D eigenvalue weighted by molar-refractivity contribution is 5.92. The van der Waals surface area contributed by atoms with E-state index < -0.39 is 23.8 Å². The minimum atomic E-state index is -0.923. The molecule has 1 aromatic rings. The van der Waals surface area contributed by atoms with Gasteiger partial charge in [0.25, 0.3) is 0 Å². The zero-order valence-electron chi connectivity index (χ0n) is 13.3. The number of nitrogens with two attached hydrogens (primary N) is 1. The molecule has 0 bridgehead atoms. The maximum atomic E-state index is 11.7. The third kappa shape index (κ3) is 6.82. The molecule has 1 aromatic carbocycles. The first kappa shape index (κ1) is 18.5. The van der Waals surface area contributed by atoms with Crippen molar-refractivity contribution in [2.45, 2.75) is 26.8 Å². The molecule has 0 aliphatic carbocycles. The summed E-state index contributed by atoms with van der Waals surface area (Å²) in [5, 5.41) is 14.3. The molecule has 1 unspecified atom stereocenters. The molecule has 0 fully saturated rings. The van der Waals surface area contributed by atoms with Gasteiger partial charge in [-0.1, -0.05) is 26.0 Å². The van der Waals surface area contributed by atoms with Gasteiger partial charge in [-0.25, -0.2) is 4.79 Å². The fraction of sp³-hybridized carbons (Fsp3) is 0.438. The van der Waals surface area contributed by atoms with Crippen molar-refractivity contribution in [2.24, 2.45) is 17.6 Å². The highest BCUT2D eigenvalue weighted by Crippen LogP contribution is 2.11. The average Bonchev–Trinajstić information content (AvgIpc) is 2.49. The first-order valence-corrected chi connectivity index (χ1v) is 7.42. The number of carboxylic acids is 1. The summed E-state index contributed by atoms with van der Waals surface area (Å²) >= 11 is 0. The number of urea groups is 1. The lowest BCUT2D eigenvalue weighted by Gasteiger charge is -2.15. The predicted octanol–water partition coefficient (Wildman–Crippen LogP) is 1.33. The molecule has 0 radical (unpaired) electrons. The predicted molar refractivity (Wildman–Crippen MR) is 85.8 cm³/mol. The minimum Gasteiger partial charge on any atom is -0.481 e. The van der Waals surface area contributed by atoms with E-state index in [2.05, 4.69) is 10.6 Å². The van der Waals surface area contributed by atoms with Crippen LogP contribution in [0.1, 0.15) is 36.2 Å². The molecule has 1 atom stereocenters. The van der Waals surface area contributed by atoms with Crippen molar-refractivity contribution < 1.29 is 19.5 Å². The summed E-state index contributed by atoms with van der Waals surface area (Å²) in [4.78, 5) is 33.9. The van der Waals surface area contributed by atoms with Crippen molar-refractivity contribution in [2.75, 3.05) is 6.54 Å². The maximum absolute atomic E-state index is 11.7. The highest BCUT2D eigenvalue weighted by Gasteiger charge is 2.19. The topological polar surface area (TPSA) is 122 Å². The van der Waals surface area contributed by atoms with Crippen molar-refractivity contribution in [1.29, 1.82) is 0 Å². The van der Waals surface area contributed by atoms with Gasteiger partial charge in [0.05, 0.1) is 5.92 Å². The molecule has 3 amide bonds. The Kier molecular flexibility index (Phi) is 7.05. The van der Waals surface area contributed by atoms with E-state index >= 15 is 0 Å². The Morgan fingerprint density at radius 1 is 1.22 bits per heavy atom. The van der Waals surface area contributed by atoms with Crippen molar-refractivity contribution >= 4 is 17.9 Å². The first-order valence-electron chi connectivity index (χ1n) is 7.42. The van der Waals surface area contributed by atoms with Crippen LogP contribution in [0.2, 0.25) is 0 Å². The Morgan fingerprint density at radius 3 is 2.48 bits per heavy atom. The second-order valence-electron chi connectivity index (χ2n) is 5.79. The number of benzene rings is 1. The van der Waals surface area contributed by atoms with E-state index in [9.17, 15) is 14.4 Å². The van der Waals surface area contributed by atoms with E-state index in [1.54, 1.807) is 24.3 Å². The number of carbonyl (C=O) groups is 3. The van der Waals surface area contributed by atoms with Gasteiger partial charge in [0, 0.05) is 18.7 Å². The number of hydrogen-bond donors (Lipinski definition) is 4. The van der Waals surface area contributed by atoms with Crippen molar-refractivity contribution in [3.63, 3.8) is 0 Å². The van der Waals surface area contributed by atoms with Gasteiger partial charge in [-0.15, -0.1) is 0 Å². The van der Waals surface area contributed by atoms with Crippen LogP contribution in [0.25, 0.3) is 0 Å². The quantitative estimate of drug-likeness (QED) is 0.577. The third-order valence-corrected chi connectivity index (χ3v) is 3.28. The molecule has 1 rings (SSSR count). The lowest BCUT2D eigenvalue weighted by atomic mass is 9.97. The second kappa shape index (κ2) is 8.77. The summed E-state index contributed by atoms with van der Waals surface area (Å²) in [6, 6.07) is 6.17. The van der Waals surface area contributed by atoms with Crippen LogP contribution in [0.4, 0.5) is 4.79 Å². The van der Waals surface area contributed by atoms with Gasteiger partial charge >= 0.3 is 12.0 Å². The monoisotopic (exact) mass is 321 g/mol. The van der Waals surface area contributed by atoms with Gasteiger partial charge in [-0.3, -0.25) is 9.59 Å². The summed E-state index contributed by atoms with van der Waals surface area (Å²) in [6.45, 7) is 4.15. The molecule has 7 heteroatoms. The van der Waals surface area contributed by atoms with Crippen LogP contribution in [0.3, 0.4) is 0 Å². The fourth-order valence-corrected chi connectivity index (χ4v) is 2.14. The van der Waals surface area contributed by atoms with Crippen LogP contribution in [0, 0.1) is 11.8 Å². The van der Waals surface area contributed by atoms with Gasteiger partial charge in [-0.2, -0.15) is 0 Å². The van der Waals surface area contributed by atoms with Gasteiger partial charge < -0.3 is 21.5 Å². The van der Waals surface area contributed by atoms with Crippen molar-refractivity contribution in [1.82, 2.24) is 10.6 Å². The number of rotatable bonds is 8. The number of amides is 3. The third-order valence-electron chi connectivity index (χ3n) is 3.28. The normalized spacial score (nSPS) is 11.8. The fourth-order valence-electron chi connectivity index (χ4n) is 2.14. The van der Waals surface area contributed by atoms with Crippen LogP contribution in [-0.2, 0) is 11.3 Å². The molecule has 0 saturated carbocycles. The molecule has 126 valence electrons. The summed E-state index contributed by atoms with van der Waals surface area (Å²) in [5.74, 6) is -1.83. The molecule has 0 heterocycles. The van der Waals surface area contributed by atoms with Crippen molar-refractivity contribution in [3.05, 3.63) is 35.4 Å². The number of aliphatic carboxylic acids is 1. The molecule has 5 N–H and O–H groups in total. The molecular weight excluding hydrogens is 298 g/mol. The van der Waals surface area contributed by atoms with Crippen LogP contribution in [-0.4, -0.2) is 29.6 Å². The number of hydrogen-bond acceptors (Lipinski definition) is 3. The molecule has 0 spiro atoms. The van der Waals surface area contributed by atoms with Crippen LogP contribution in [0.15, 0.2) is 24.3 Å². The van der Waals surface area contributed by atoms with E-state index in [-0.39, 0.29) is 19.0 Å². The van der Waals surface area contributed by atoms with E-state index in [0.717, 1.165) is 5.56 Å². The lowest BCUT2D eigenvalue weighted by molar-refractivity contribution is -0.142. The summed E-state index contributed by atoms with van der Waals surface area (Å²) in [6.07, 6.45) is 0.496. The van der Waals surface area contributed by atoms with Crippen LogP contribution < -0.4 is 16.4 Å². The minimum absolute atomic E-state index is 0.0701. The van der Waals surface area contributed by atoms with E-state index in [1.807, 2.05) is 13.8 Å². The van der Waals surface area contributed by atoms with Gasteiger partial charge in [0.2, 0.25) is 5.91 Å². The van der Waals surface area contributed by atoms with Gasteiger partial charge in [0.1, 0.15) is 0 Å². The van der Waals surface area contributed by atoms with Gasteiger partial charge in [0.15, 0.2) is 0 Å². The maximum Gasteiger partial charge on any atom is 0.315 e. The Balaban J connectivity index is 2.46. The number of primary amides is 1. The number of carboxylic acid groups (broad SMARTS) is 1. The number of carbonyl (C=O) groups excluding carboxylic acids is 2. The Hall–Kier alpha value is -2.57. The second-order valence-corrected chi connectivity index (χ2v) is 5.79.